The normalized spacial score (nSPS) is 17.9. The Kier molecular flexibility index (Phi) is 6.24. The zero-order chi connectivity index (χ0) is 22.8. The van der Waals surface area contributed by atoms with Crippen molar-refractivity contribution in [1.82, 2.24) is 4.90 Å². The summed E-state index contributed by atoms with van der Waals surface area (Å²) in [6.45, 7) is 6.20. The third kappa shape index (κ3) is 4.23. The molecule has 164 valence electrons. The van der Waals surface area contributed by atoms with Crippen LogP contribution in [0.15, 0.2) is 66.0 Å². The van der Waals surface area contributed by atoms with E-state index in [4.69, 9.17) is 0 Å². The fourth-order valence-corrected chi connectivity index (χ4v) is 5.16. The molecule has 1 aliphatic heterocycles. The van der Waals surface area contributed by atoms with Crippen molar-refractivity contribution in [2.75, 3.05) is 11.9 Å². The van der Waals surface area contributed by atoms with Crippen molar-refractivity contribution in [3.8, 4) is 0 Å². The summed E-state index contributed by atoms with van der Waals surface area (Å²) < 4.78 is 0. The largest absolute Gasteiger partial charge is 0.329 e. The average molecular weight is 447 g/mol. The number of ketones is 1. The molecule has 2 heterocycles. The Morgan fingerprint density at radius 1 is 1.06 bits per heavy atom. The summed E-state index contributed by atoms with van der Waals surface area (Å²) in [7, 11) is 0. The number of fused-ring (bicyclic) bond motifs is 1. The van der Waals surface area contributed by atoms with Gasteiger partial charge in [-0.15, -0.1) is 11.3 Å². The lowest BCUT2D eigenvalue weighted by Gasteiger charge is -2.42. The van der Waals surface area contributed by atoms with E-state index in [1.807, 2.05) is 40.6 Å². The van der Waals surface area contributed by atoms with Gasteiger partial charge in [0.05, 0.1) is 12.0 Å². The smallest absolute Gasteiger partial charge is 0.254 e. The number of nitrogens with one attached hydrogen (secondary N) is 1. The number of thiophene rings is 1. The van der Waals surface area contributed by atoms with Gasteiger partial charge in [0.15, 0.2) is 5.78 Å². The van der Waals surface area contributed by atoms with Crippen molar-refractivity contribution < 1.29 is 14.4 Å². The van der Waals surface area contributed by atoms with Crippen LogP contribution in [0.3, 0.4) is 0 Å². The molecule has 0 aliphatic carbocycles. The van der Waals surface area contributed by atoms with E-state index < -0.39 is 12.0 Å². The molecule has 0 saturated heterocycles. The molecule has 2 amide bonds. The van der Waals surface area contributed by atoms with E-state index in [9.17, 15) is 14.4 Å². The summed E-state index contributed by atoms with van der Waals surface area (Å²) in [5.74, 6) is -0.618. The van der Waals surface area contributed by atoms with Gasteiger partial charge in [-0.05, 0) is 48.1 Å². The highest BCUT2D eigenvalue weighted by molar-refractivity contribution is 7.10. The molecular weight excluding hydrogens is 420 g/mol. The second-order valence-electron chi connectivity index (χ2n) is 8.50. The monoisotopic (exact) mass is 446 g/mol. The second-order valence-corrected chi connectivity index (χ2v) is 9.48. The van der Waals surface area contributed by atoms with Gasteiger partial charge < -0.3 is 10.2 Å². The van der Waals surface area contributed by atoms with Crippen LogP contribution >= 0.6 is 11.3 Å². The highest BCUT2D eigenvalue weighted by Gasteiger charge is 2.44. The number of amides is 2. The predicted molar refractivity (Wildman–Crippen MR) is 127 cm³/mol. The maximum absolute atomic E-state index is 13.7. The Morgan fingerprint density at radius 3 is 2.53 bits per heavy atom. The summed E-state index contributed by atoms with van der Waals surface area (Å²) in [5.41, 5.74) is 2.41. The van der Waals surface area contributed by atoms with Crippen molar-refractivity contribution in [1.29, 1.82) is 0 Å². The molecule has 32 heavy (non-hydrogen) atoms. The Bertz CT molecular complexity index is 1150. The standard InChI is InChI=1S/C26H26N2O3S/c1-16(2)15-28-24(22-12-7-13-32-22)23(20-10-4-5-11-21(20)26(28)31)25(30)27-19-9-6-8-18(14-19)17(3)29/h4-14,16,23-24H,15H2,1-3H3,(H,27,30)/t23-,24-/m0/s1. The van der Waals surface area contributed by atoms with E-state index in [2.05, 4.69) is 19.2 Å². The van der Waals surface area contributed by atoms with Gasteiger partial charge in [-0.3, -0.25) is 14.4 Å². The van der Waals surface area contributed by atoms with Crippen molar-refractivity contribution in [3.63, 3.8) is 0 Å². The molecular formula is C26H26N2O3S. The summed E-state index contributed by atoms with van der Waals surface area (Å²) in [6, 6.07) is 17.9. The zero-order valence-corrected chi connectivity index (χ0v) is 19.2. The molecule has 1 aromatic heterocycles. The summed E-state index contributed by atoms with van der Waals surface area (Å²) in [6.07, 6.45) is 0. The second kappa shape index (κ2) is 9.09. The number of carbonyl (C=O) groups is 3. The molecule has 5 nitrogen and oxygen atoms in total. The van der Waals surface area contributed by atoms with Crippen molar-refractivity contribution in [3.05, 3.63) is 87.6 Å². The number of hydrogen-bond acceptors (Lipinski definition) is 4. The molecule has 0 bridgehead atoms. The van der Waals surface area contributed by atoms with Gasteiger partial charge in [0.1, 0.15) is 0 Å². The van der Waals surface area contributed by atoms with E-state index in [1.165, 1.54) is 6.92 Å². The molecule has 0 fully saturated rings. The van der Waals surface area contributed by atoms with Crippen LogP contribution in [0.5, 0.6) is 0 Å². The Morgan fingerprint density at radius 2 is 1.84 bits per heavy atom. The minimum atomic E-state index is -0.567. The van der Waals surface area contributed by atoms with Gasteiger partial charge in [-0.25, -0.2) is 0 Å². The quantitative estimate of drug-likeness (QED) is 0.507. The topological polar surface area (TPSA) is 66.5 Å². The first-order chi connectivity index (χ1) is 15.4. The maximum Gasteiger partial charge on any atom is 0.254 e. The average Bonchev–Trinajstić information content (AvgIpc) is 3.29. The fraction of sp³-hybridized carbons (Fsp3) is 0.269. The molecule has 4 rings (SSSR count). The molecule has 1 aliphatic rings. The summed E-state index contributed by atoms with van der Waals surface area (Å²) in [4.78, 5) is 41.8. The number of anilines is 1. The van der Waals surface area contributed by atoms with Crippen molar-refractivity contribution >= 4 is 34.6 Å². The highest BCUT2D eigenvalue weighted by atomic mass is 32.1. The number of nitrogens with zero attached hydrogens (tertiary/aromatic N) is 1. The van der Waals surface area contributed by atoms with E-state index >= 15 is 0 Å². The first kappa shape index (κ1) is 22.0. The van der Waals surface area contributed by atoms with E-state index in [1.54, 1.807) is 41.7 Å². The number of hydrogen-bond donors (Lipinski definition) is 1. The molecule has 0 spiro atoms. The SMILES string of the molecule is CC(=O)c1cccc(NC(=O)[C@H]2c3ccccc3C(=O)N(CC(C)C)[C@H]2c2cccs2)c1. The molecule has 0 unspecified atom stereocenters. The van der Waals surface area contributed by atoms with Crippen LogP contribution in [-0.4, -0.2) is 29.0 Å². The minimum absolute atomic E-state index is 0.0460. The van der Waals surface area contributed by atoms with E-state index in [0.29, 0.717) is 23.4 Å². The van der Waals surface area contributed by atoms with Gasteiger partial charge in [0.2, 0.25) is 5.91 Å². The van der Waals surface area contributed by atoms with Gasteiger partial charge in [0, 0.05) is 28.2 Å². The van der Waals surface area contributed by atoms with Crippen LogP contribution < -0.4 is 5.32 Å². The van der Waals surface area contributed by atoms with Gasteiger partial charge in [-0.1, -0.05) is 50.2 Å². The fourth-order valence-electron chi connectivity index (χ4n) is 4.28. The van der Waals surface area contributed by atoms with Crippen LogP contribution in [0.4, 0.5) is 5.69 Å². The molecule has 1 N–H and O–H groups in total. The summed E-state index contributed by atoms with van der Waals surface area (Å²) in [5, 5.41) is 4.98. The molecule has 2 atom stereocenters. The number of benzene rings is 2. The zero-order valence-electron chi connectivity index (χ0n) is 18.4. The Balaban J connectivity index is 1.80. The highest BCUT2D eigenvalue weighted by Crippen LogP contribution is 2.45. The maximum atomic E-state index is 13.7. The number of Topliss-reactive ketones (excluding diaryl/α,β-unsaturated/α-hetero) is 1. The first-order valence-electron chi connectivity index (χ1n) is 10.7. The summed E-state index contributed by atoms with van der Waals surface area (Å²) >= 11 is 1.55. The molecule has 0 saturated carbocycles. The van der Waals surface area contributed by atoms with Gasteiger partial charge in [-0.2, -0.15) is 0 Å². The molecule has 3 aromatic rings. The van der Waals surface area contributed by atoms with Crippen LogP contribution in [0.25, 0.3) is 0 Å². The molecule has 0 radical (unpaired) electrons. The number of carbonyl (C=O) groups excluding carboxylic acids is 3. The van der Waals surface area contributed by atoms with Crippen LogP contribution in [-0.2, 0) is 4.79 Å². The molecule has 2 aromatic carbocycles. The Labute approximate surface area is 192 Å². The van der Waals surface area contributed by atoms with Crippen molar-refractivity contribution in [2.24, 2.45) is 5.92 Å². The lowest BCUT2D eigenvalue weighted by atomic mass is 9.81. The Hall–Kier alpha value is -3.25. The first-order valence-corrected chi connectivity index (χ1v) is 11.6. The van der Waals surface area contributed by atoms with Crippen LogP contribution in [0, 0.1) is 5.92 Å². The molecule has 6 heteroatoms. The third-order valence-corrected chi connectivity index (χ3v) is 6.60. The number of rotatable bonds is 6. The third-order valence-electron chi connectivity index (χ3n) is 5.65. The minimum Gasteiger partial charge on any atom is -0.329 e. The van der Waals surface area contributed by atoms with Crippen LogP contribution in [0.2, 0.25) is 0 Å². The predicted octanol–water partition coefficient (Wildman–Crippen LogP) is 5.53. The lowest BCUT2D eigenvalue weighted by molar-refractivity contribution is -0.119. The van der Waals surface area contributed by atoms with Crippen molar-refractivity contribution in [2.45, 2.75) is 32.7 Å². The van der Waals surface area contributed by atoms with Gasteiger partial charge in [0.25, 0.3) is 5.91 Å². The van der Waals surface area contributed by atoms with E-state index in [0.717, 1.165) is 10.4 Å². The lowest BCUT2D eigenvalue weighted by Crippen LogP contribution is -2.47. The van der Waals surface area contributed by atoms with Crippen LogP contribution in [0.1, 0.15) is 63.9 Å². The van der Waals surface area contributed by atoms with Gasteiger partial charge >= 0.3 is 0 Å². The van der Waals surface area contributed by atoms with E-state index in [-0.39, 0.29) is 23.5 Å².